The molecular formula is C46H65MoNO2S. The van der Waals surface area contributed by atoms with Crippen molar-refractivity contribution >= 4 is 23.6 Å². The molecule has 5 heteroatoms. The van der Waals surface area contributed by atoms with Crippen molar-refractivity contribution in [1.29, 1.82) is 0 Å². The number of phenolic OH excluding ortho intramolecular Hbond substituents is 2. The zero-order valence-electron chi connectivity index (χ0n) is 34.3. The molecule has 0 atom stereocenters. The van der Waals surface area contributed by atoms with E-state index in [1.165, 1.54) is 22.4 Å². The third-order valence-electron chi connectivity index (χ3n) is 9.86. The summed E-state index contributed by atoms with van der Waals surface area (Å²) in [5, 5.41) is 22.4. The quantitative estimate of drug-likeness (QED) is 0.191. The summed E-state index contributed by atoms with van der Waals surface area (Å²) in [7, 11) is 0. The summed E-state index contributed by atoms with van der Waals surface area (Å²) in [6, 6.07) is 21.5. The van der Waals surface area contributed by atoms with Gasteiger partial charge in [-0.2, -0.15) is 13.5 Å². The molecule has 0 saturated heterocycles. The van der Waals surface area contributed by atoms with Crippen LogP contribution in [0.2, 0.25) is 0 Å². The van der Waals surface area contributed by atoms with Crippen LogP contribution in [0.15, 0.2) is 64.2 Å². The molecule has 0 aliphatic heterocycles. The molecule has 0 spiro atoms. The third kappa shape index (κ3) is 10.4. The zero-order chi connectivity index (χ0) is 37.9. The number of hydrogen-bond donors (Lipinski definition) is 2. The van der Waals surface area contributed by atoms with E-state index in [4.69, 9.17) is 3.50 Å². The van der Waals surface area contributed by atoms with Gasteiger partial charge < -0.3 is 10.2 Å². The summed E-state index contributed by atoms with van der Waals surface area (Å²) in [4.78, 5) is 0. The number of aromatic hydroxyl groups is 2. The second-order valence-corrected chi connectivity index (χ2v) is 18.7. The summed E-state index contributed by atoms with van der Waals surface area (Å²) < 4.78 is 7.59. The first-order chi connectivity index (χ1) is 23.0. The van der Waals surface area contributed by atoms with E-state index in [2.05, 4.69) is 162 Å². The predicted octanol–water partition coefficient (Wildman–Crippen LogP) is 13.3. The molecule has 0 aromatic heterocycles. The molecule has 0 radical (unpaired) electrons. The van der Waals surface area contributed by atoms with Crippen LogP contribution in [0, 0.1) is 27.7 Å². The van der Waals surface area contributed by atoms with Gasteiger partial charge in [0.05, 0.1) is 0 Å². The van der Waals surface area contributed by atoms with E-state index in [0.717, 1.165) is 44.5 Å². The van der Waals surface area contributed by atoms with Crippen molar-refractivity contribution < 1.29 is 28.1 Å². The molecule has 278 valence electrons. The SMILES string of the molecule is CC(C)c1cccc(C(C)C)c1[N]=[Mo]=[CH]C(C)(C)c1ccccc1.Cc1cc(C(C)(C)C)c(O)c(-c2c(C)c(C)cc(C(C)(C)C)c2O)c1C.S. The number of phenols is 2. The Morgan fingerprint density at radius 1 is 0.608 bits per heavy atom. The molecule has 0 fully saturated rings. The first kappa shape index (κ1) is 44.3. The average Bonchev–Trinajstić information content (AvgIpc) is 3.01. The second-order valence-electron chi connectivity index (χ2n) is 17.2. The molecule has 0 bridgehead atoms. The van der Waals surface area contributed by atoms with Crippen molar-refractivity contribution in [3.8, 4) is 22.6 Å². The van der Waals surface area contributed by atoms with Gasteiger partial charge in [-0.05, 0) is 60.8 Å². The Hall–Kier alpha value is -2.81. The maximum absolute atomic E-state index is 11.2. The number of hydrogen-bond acceptors (Lipinski definition) is 3. The van der Waals surface area contributed by atoms with E-state index in [0.29, 0.717) is 11.8 Å². The summed E-state index contributed by atoms with van der Waals surface area (Å²) in [5.74, 6) is 1.59. The Bertz CT molecular complexity index is 1780. The molecular weight excluding hydrogens is 727 g/mol. The van der Waals surface area contributed by atoms with Crippen molar-refractivity contribution in [2.45, 2.75) is 139 Å². The van der Waals surface area contributed by atoms with Gasteiger partial charge in [0, 0.05) is 22.3 Å². The Morgan fingerprint density at radius 3 is 1.35 bits per heavy atom. The van der Waals surface area contributed by atoms with E-state index >= 15 is 0 Å². The fourth-order valence-corrected chi connectivity index (χ4v) is 8.21. The number of nitrogens with zero attached hydrogens (tertiary/aromatic N) is 1. The molecule has 0 unspecified atom stereocenters. The van der Waals surface area contributed by atoms with Gasteiger partial charge in [-0.3, -0.25) is 0 Å². The first-order valence-electron chi connectivity index (χ1n) is 18.1. The minimum Gasteiger partial charge on any atom is -0.507 e. The van der Waals surface area contributed by atoms with E-state index < -0.39 is 17.9 Å². The zero-order valence-corrected chi connectivity index (χ0v) is 37.3. The van der Waals surface area contributed by atoms with Gasteiger partial charge in [0.25, 0.3) is 0 Å². The van der Waals surface area contributed by atoms with Crippen LogP contribution >= 0.6 is 13.5 Å². The largest absolute Gasteiger partial charge is 0.507 e. The van der Waals surface area contributed by atoms with Gasteiger partial charge in [0.1, 0.15) is 11.5 Å². The van der Waals surface area contributed by atoms with E-state index in [1.807, 2.05) is 13.8 Å². The fraction of sp³-hybridized carbons (Fsp3) is 0.457. The van der Waals surface area contributed by atoms with Crippen LogP contribution in [0.25, 0.3) is 11.1 Å². The van der Waals surface area contributed by atoms with Crippen LogP contribution < -0.4 is 0 Å². The third-order valence-corrected chi connectivity index (χ3v) is 12.3. The average molecular weight is 792 g/mol. The van der Waals surface area contributed by atoms with Crippen molar-refractivity contribution in [2.24, 2.45) is 3.50 Å². The van der Waals surface area contributed by atoms with Crippen LogP contribution in [-0.2, 0) is 34.2 Å². The molecule has 4 rings (SSSR count). The first-order valence-corrected chi connectivity index (χ1v) is 20.1. The fourth-order valence-electron chi connectivity index (χ4n) is 6.32. The van der Waals surface area contributed by atoms with Gasteiger partial charge in [-0.1, -0.05) is 53.7 Å². The summed E-state index contributed by atoms with van der Waals surface area (Å²) in [6.07, 6.45) is 0. The van der Waals surface area contributed by atoms with Crippen LogP contribution in [-0.4, -0.2) is 14.6 Å². The summed E-state index contributed by atoms with van der Waals surface area (Å²) in [6.45, 7) is 34.4. The normalized spacial score (nSPS) is 11.9. The van der Waals surface area contributed by atoms with E-state index in [1.54, 1.807) is 0 Å². The molecule has 51 heavy (non-hydrogen) atoms. The van der Waals surface area contributed by atoms with Crippen molar-refractivity contribution in [1.82, 2.24) is 0 Å². The monoisotopic (exact) mass is 793 g/mol. The van der Waals surface area contributed by atoms with Crippen LogP contribution in [0.3, 0.4) is 0 Å². The molecule has 0 heterocycles. The maximum Gasteiger partial charge on any atom is 0.127 e. The van der Waals surface area contributed by atoms with Crippen LogP contribution in [0.4, 0.5) is 5.69 Å². The number of benzene rings is 4. The molecule has 0 saturated carbocycles. The molecule has 0 aliphatic carbocycles. The number of rotatable bonds is 6. The van der Waals surface area contributed by atoms with Gasteiger partial charge in [0.15, 0.2) is 0 Å². The molecule has 2 N–H and O–H groups in total. The molecule has 0 amide bonds. The summed E-state index contributed by atoms with van der Waals surface area (Å²) >= 11 is -0.553. The number of aryl methyl sites for hydroxylation is 2. The Balaban J connectivity index is 0.000000348. The maximum atomic E-state index is 11.2. The minimum absolute atomic E-state index is 0. The smallest absolute Gasteiger partial charge is 0.127 e. The predicted molar refractivity (Wildman–Crippen MR) is 224 cm³/mol. The second kappa shape index (κ2) is 17.3. The standard InChI is InChI=1S/C24H34O2.C12H17N.C10H12.Mo.H2S/c1-13-11-17(23(5,6)7)21(25)19(15(13)3)20-16(4)14(2)12-18(22(20)26)24(8,9)10;1-8(2)10-6-5-7-11(9(3)4)12(10)13;1-10(2,3)9-7-5-4-6-8-9;;/h11-12,25-26H,1-10H3;5-9H,1-4H3;1,4-8H,2-3H3;;1H2. The molecule has 4 aromatic rings. The topological polar surface area (TPSA) is 52.8 Å². The molecule has 3 nitrogen and oxygen atoms in total. The van der Waals surface area contributed by atoms with Crippen LogP contribution in [0.5, 0.6) is 11.5 Å². The van der Waals surface area contributed by atoms with Gasteiger partial charge in [-0.15, -0.1) is 0 Å². The van der Waals surface area contributed by atoms with Crippen molar-refractivity contribution in [2.75, 3.05) is 0 Å². The van der Waals surface area contributed by atoms with E-state index in [-0.39, 0.29) is 41.2 Å². The molecule has 0 aliphatic rings. The van der Waals surface area contributed by atoms with Gasteiger partial charge in [-0.25, -0.2) is 0 Å². The Morgan fingerprint density at radius 2 is 1.00 bits per heavy atom. The summed E-state index contributed by atoms with van der Waals surface area (Å²) in [5.41, 5.74) is 12.7. The Labute approximate surface area is 325 Å². The molecule has 4 aromatic carbocycles. The van der Waals surface area contributed by atoms with E-state index in [9.17, 15) is 10.2 Å². The van der Waals surface area contributed by atoms with Gasteiger partial charge in [0.2, 0.25) is 0 Å². The van der Waals surface area contributed by atoms with Crippen LogP contribution in [0.1, 0.15) is 145 Å². The Kier molecular flexibility index (Phi) is 15.1. The van der Waals surface area contributed by atoms with Gasteiger partial charge >= 0.3 is 156 Å². The van der Waals surface area contributed by atoms with Crippen molar-refractivity contribution in [3.05, 3.63) is 111 Å². The van der Waals surface area contributed by atoms with Crippen molar-refractivity contribution in [3.63, 3.8) is 0 Å². The minimum atomic E-state index is -0.553.